The number of anilines is 1. The van der Waals surface area contributed by atoms with Gasteiger partial charge in [-0.2, -0.15) is 9.40 Å². The zero-order valence-corrected chi connectivity index (χ0v) is 18.1. The lowest BCUT2D eigenvalue weighted by molar-refractivity contribution is 0.102. The summed E-state index contributed by atoms with van der Waals surface area (Å²) in [6.45, 7) is 5.64. The molecule has 1 N–H and O–H groups in total. The summed E-state index contributed by atoms with van der Waals surface area (Å²) < 4.78 is 28.6. The zero-order chi connectivity index (χ0) is 20.9. The van der Waals surface area contributed by atoms with Gasteiger partial charge < -0.3 is 10.2 Å². The fourth-order valence-electron chi connectivity index (χ4n) is 2.60. The Morgan fingerprint density at radius 2 is 1.93 bits per heavy atom. The van der Waals surface area contributed by atoms with Crippen LogP contribution in [0.1, 0.15) is 24.2 Å². The van der Waals surface area contributed by atoms with E-state index in [0.29, 0.717) is 25.3 Å². The Bertz CT molecular complexity index is 923. The Morgan fingerprint density at radius 3 is 2.54 bits per heavy atom. The number of aromatic nitrogens is 2. The van der Waals surface area contributed by atoms with Crippen molar-refractivity contribution in [3.05, 3.63) is 41.2 Å². The molecule has 0 aliphatic carbocycles. The number of likely N-dealkylation sites (N-methyl/N-ethyl adjacent to an activating group) is 1. The van der Waals surface area contributed by atoms with Gasteiger partial charge in [-0.25, -0.2) is 8.42 Å². The second kappa shape index (κ2) is 9.51. The van der Waals surface area contributed by atoms with E-state index in [2.05, 4.69) is 10.4 Å². The number of nitrogens with one attached hydrogen (secondary N) is 1. The van der Waals surface area contributed by atoms with Crippen molar-refractivity contribution in [2.75, 3.05) is 39.0 Å². The van der Waals surface area contributed by atoms with E-state index in [4.69, 9.17) is 11.6 Å². The highest BCUT2D eigenvalue weighted by Gasteiger charge is 2.25. The number of rotatable bonds is 9. The van der Waals surface area contributed by atoms with Crippen LogP contribution in [0.15, 0.2) is 35.5 Å². The van der Waals surface area contributed by atoms with Crippen molar-refractivity contribution in [3.63, 3.8) is 0 Å². The molecule has 0 spiro atoms. The summed E-state index contributed by atoms with van der Waals surface area (Å²) in [5.74, 6) is -0.431. The monoisotopic (exact) mass is 427 g/mol. The lowest BCUT2D eigenvalue weighted by atomic mass is 10.2. The minimum Gasteiger partial charge on any atom is -0.319 e. The van der Waals surface area contributed by atoms with Gasteiger partial charge in [0.15, 0.2) is 0 Å². The Labute approximate surface area is 171 Å². The van der Waals surface area contributed by atoms with Crippen LogP contribution >= 0.6 is 11.6 Å². The molecule has 0 saturated carbocycles. The van der Waals surface area contributed by atoms with Crippen LogP contribution < -0.4 is 5.32 Å². The molecule has 0 unspecified atom stereocenters. The summed E-state index contributed by atoms with van der Waals surface area (Å²) >= 11 is 6.11. The molecule has 0 aliphatic rings. The zero-order valence-electron chi connectivity index (χ0n) is 16.5. The quantitative estimate of drug-likeness (QED) is 0.663. The number of nitrogens with zero attached hydrogens (tertiary/aromatic N) is 4. The summed E-state index contributed by atoms with van der Waals surface area (Å²) in [6.07, 6.45) is 3.28. The number of benzene rings is 1. The molecule has 0 atom stereocenters. The van der Waals surface area contributed by atoms with Gasteiger partial charge >= 0.3 is 0 Å². The average molecular weight is 428 g/mol. The molecule has 0 bridgehead atoms. The van der Waals surface area contributed by atoms with Gasteiger partial charge in [-0.05, 0) is 32.3 Å². The molecule has 8 nitrogen and oxygen atoms in total. The maximum Gasteiger partial charge on any atom is 0.255 e. The maximum atomic E-state index is 12.8. The molecule has 2 aromatic rings. The summed E-state index contributed by atoms with van der Waals surface area (Å²) in [4.78, 5) is 14.5. The third-order valence-electron chi connectivity index (χ3n) is 4.18. The number of sulfonamides is 1. The minimum atomic E-state index is -3.77. The first-order valence-corrected chi connectivity index (χ1v) is 10.8. The van der Waals surface area contributed by atoms with Crippen molar-refractivity contribution in [1.82, 2.24) is 19.0 Å². The van der Waals surface area contributed by atoms with Crippen LogP contribution in [0.2, 0.25) is 5.02 Å². The van der Waals surface area contributed by atoms with Crippen LogP contribution in [0.25, 0.3) is 0 Å². The number of hydrogen-bond acceptors (Lipinski definition) is 5. The largest absolute Gasteiger partial charge is 0.319 e. The molecule has 0 fully saturated rings. The van der Waals surface area contributed by atoms with Crippen LogP contribution in [0, 0.1) is 0 Å². The molecule has 1 heterocycles. The van der Waals surface area contributed by atoms with Crippen molar-refractivity contribution >= 4 is 33.2 Å². The third-order valence-corrected chi connectivity index (χ3v) is 6.72. The summed E-state index contributed by atoms with van der Waals surface area (Å²) in [5.41, 5.74) is 0.739. The van der Waals surface area contributed by atoms with E-state index in [1.165, 1.54) is 22.5 Å². The summed E-state index contributed by atoms with van der Waals surface area (Å²) in [5, 5.41) is 7.02. The molecule has 0 saturated heterocycles. The molecule has 28 heavy (non-hydrogen) atoms. The SMILES string of the molecule is CCN(CC)S(=O)(=O)c1cc(C(=O)Nc2cnn(CCN(C)C)c2)ccc1Cl. The van der Waals surface area contributed by atoms with E-state index in [0.717, 1.165) is 6.54 Å². The predicted octanol–water partition coefficient (Wildman–Crippen LogP) is 2.38. The third kappa shape index (κ3) is 5.32. The van der Waals surface area contributed by atoms with E-state index >= 15 is 0 Å². The lowest BCUT2D eigenvalue weighted by Crippen LogP contribution is -2.31. The number of carbonyl (C=O) groups is 1. The van der Waals surface area contributed by atoms with Crippen LogP contribution in [-0.4, -0.2) is 67.0 Å². The first-order chi connectivity index (χ1) is 13.2. The number of halogens is 1. The van der Waals surface area contributed by atoms with Gasteiger partial charge in [0.25, 0.3) is 5.91 Å². The van der Waals surface area contributed by atoms with E-state index in [1.807, 2.05) is 19.0 Å². The van der Waals surface area contributed by atoms with Gasteiger partial charge in [-0.3, -0.25) is 9.48 Å². The predicted molar refractivity (Wildman–Crippen MR) is 110 cm³/mol. The molecular formula is C18H26ClN5O3S. The minimum absolute atomic E-state index is 0.0767. The first kappa shape index (κ1) is 22.4. The van der Waals surface area contributed by atoms with E-state index in [9.17, 15) is 13.2 Å². The lowest BCUT2D eigenvalue weighted by Gasteiger charge is -2.19. The van der Waals surface area contributed by atoms with E-state index in [-0.39, 0.29) is 15.5 Å². The van der Waals surface area contributed by atoms with Crippen molar-refractivity contribution in [1.29, 1.82) is 0 Å². The van der Waals surface area contributed by atoms with Crippen LogP contribution in [0.5, 0.6) is 0 Å². The Balaban J connectivity index is 2.21. The Hall–Kier alpha value is -1.94. The van der Waals surface area contributed by atoms with Crippen molar-refractivity contribution in [2.24, 2.45) is 0 Å². The maximum absolute atomic E-state index is 12.8. The molecule has 0 aliphatic heterocycles. The fraction of sp³-hybridized carbons (Fsp3) is 0.444. The van der Waals surface area contributed by atoms with Crippen LogP contribution in [-0.2, 0) is 16.6 Å². The van der Waals surface area contributed by atoms with E-state index in [1.54, 1.807) is 30.9 Å². The molecule has 2 rings (SSSR count). The second-order valence-corrected chi connectivity index (χ2v) is 8.80. The van der Waals surface area contributed by atoms with Crippen molar-refractivity contribution < 1.29 is 13.2 Å². The fourth-order valence-corrected chi connectivity index (χ4v) is 4.56. The van der Waals surface area contributed by atoms with Crippen molar-refractivity contribution in [2.45, 2.75) is 25.3 Å². The molecule has 1 amide bonds. The van der Waals surface area contributed by atoms with Gasteiger partial charge in [0.1, 0.15) is 4.90 Å². The molecule has 1 aromatic carbocycles. The molecule has 1 aromatic heterocycles. The Kier molecular flexibility index (Phi) is 7.59. The topological polar surface area (TPSA) is 87.5 Å². The van der Waals surface area contributed by atoms with E-state index < -0.39 is 15.9 Å². The Morgan fingerprint density at radius 1 is 1.25 bits per heavy atom. The van der Waals surface area contributed by atoms with Gasteiger partial charge in [0.05, 0.1) is 23.5 Å². The standard InChI is InChI=1S/C18H26ClN5O3S/c1-5-24(6-2)28(26,27)17-11-14(7-8-16(17)19)18(25)21-15-12-20-23(13-15)10-9-22(3)4/h7-8,11-13H,5-6,9-10H2,1-4H3,(H,21,25). The molecule has 10 heteroatoms. The highest BCUT2D eigenvalue weighted by atomic mass is 35.5. The second-order valence-electron chi connectivity index (χ2n) is 6.48. The highest BCUT2D eigenvalue weighted by molar-refractivity contribution is 7.89. The number of amides is 1. The van der Waals surface area contributed by atoms with Crippen LogP contribution in [0.4, 0.5) is 5.69 Å². The number of carbonyl (C=O) groups excluding carboxylic acids is 1. The highest BCUT2D eigenvalue weighted by Crippen LogP contribution is 2.26. The summed E-state index contributed by atoms with van der Waals surface area (Å²) in [7, 11) is 0.166. The molecular weight excluding hydrogens is 402 g/mol. The van der Waals surface area contributed by atoms with Gasteiger partial charge in [-0.15, -0.1) is 0 Å². The van der Waals surface area contributed by atoms with Crippen molar-refractivity contribution in [3.8, 4) is 0 Å². The average Bonchev–Trinajstić information content (AvgIpc) is 3.08. The first-order valence-electron chi connectivity index (χ1n) is 8.97. The summed E-state index contributed by atoms with van der Waals surface area (Å²) in [6, 6.07) is 4.23. The molecule has 154 valence electrons. The normalized spacial score (nSPS) is 12.0. The number of hydrogen-bond donors (Lipinski definition) is 1. The smallest absolute Gasteiger partial charge is 0.255 e. The van der Waals surface area contributed by atoms with Gasteiger partial charge in [-0.1, -0.05) is 25.4 Å². The van der Waals surface area contributed by atoms with Gasteiger partial charge in [0, 0.05) is 31.4 Å². The molecule has 0 radical (unpaired) electrons. The van der Waals surface area contributed by atoms with Crippen LogP contribution in [0.3, 0.4) is 0 Å². The van der Waals surface area contributed by atoms with Gasteiger partial charge in [0.2, 0.25) is 10.0 Å².